The van der Waals surface area contributed by atoms with E-state index in [4.69, 9.17) is 4.74 Å². The van der Waals surface area contributed by atoms with Gasteiger partial charge in [-0.1, -0.05) is 0 Å². The number of piperidine rings is 1. The molecule has 6 rings (SSSR count). The third-order valence-electron chi connectivity index (χ3n) is 8.47. The molecule has 2 saturated heterocycles. The standard InChI is InChI=1S/C25H31N9O6/c1-28-20-18(22(36)30(3)24(28)38)32(12-26-20)7-8-34-14-5-6-15(34)10-16(9-14)40-17(35)11-33-13-27-21-19(33)23(37)31(4)25(39)29(21)2/h12-16H,5-11H2,1-4H3. The Labute approximate surface area is 226 Å². The van der Waals surface area contributed by atoms with Crippen LogP contribution in [0.1, 0.15) is 25.7 Å². The molecule has 15 nitrogen and oxygen atoms in total. The Bertz CT molecular complexity index is 1890. The fourth-order valence-corrected chi connectivity index (χ4v) is 6.35. The minimum Gasteiger partial charge on any atom is -0.461 e. The van der Waals surface area contributed by atoms with Gasteiger partial charge in [0, 0.05) is 66.2 Å². The van der Waals surface area contributed by atoms with Crippen molar-refractivity contribution in [1.29, 1.82) is 0 Å². The van der Waals surface area contributed by atoms with Crippen molar-refractivity contribution in [3.8, 4) is 0 Å². The van der Waals surface area contributed by atoms with Crippen molar-refractivity contribution in [3.63, 3.8) is 0 Å². The van der Waals surface area contributed by atoms with E-state index in [2.05, 4.69) is 14.9 Å². The molecule has 40 heavy (non-hydrogen) atoms. The van der Waals surface area contributed by atoms with Gasteiger partial charge < -0.3 is 13.9 Å². The minimum absolute atomic E-state index is 0.176. The van der Waals surface area contributed by atoms with Crippen LogP contribution in [0.2, 0.25) is 0 Å². The van der Waals surface area contributed by atoms with Crippen molar-refractivity contribution < 1.29 is 9.53 Å². The van der Waals surface area contributed by atoms with Crippen molar-refractivity contribution in [3.05, 3.63) is 54.3 Å². The zero-order valence-corrected chi connectivity index (χ0v) is 22.8. The van der Waals surface area contributed by atoms with Gasteiger partial charge in [-0.3, -0.25) is 37.6 Å². The van der Waals surface area contributed by atoms with E-state index in [0.717, 1.165) is 22.0 Å². The first-order valence-corrected chi connectivity index (χ1v) is 13.2. The molecule has 0 spiro atoms. The Kier molecular flexibility index (Phi) is 6.12. The molecule has 4 aromatic heterocycles. The van der Waals surface area contributed by atoms with Gasteiger partial charge in [-0.25, -0.2) is 19.6 Å². The Hall–Kier alpha value is -4.27. The van der Waals surface area contributed by atoms with E-state index in [1.165, 1.54) is 41.2 Å². The number of esters is 1. The van der Waals surface area contributed by atoms with Crippen molar-refractivity contribution in [2.75, 3.05) is 6.54 Å². The third-order valence-corrected chi connectivity index (χ3v) is 8.47. The van der Waals surface area contributed by atoms with Gasteiger partial charge in [0.1, 0.15) is 12.6 Å². The summed E-state index contributed by atoms with van der Waals surface area (Å²) in [6, 6.07) is 0.490. The number of imidazole rings is 2. The second kappa shape index (κ2) is 9.43. The molecule has 2 atom stereocenters. The molecule has 6 heterocycles. The highest BCUT2D eigenvalue weighted by Crippen LogP contribution is 2.37. The molecule has 2 aliphatic rings. The lowest BCUT2D eigenvalue weighted by atomic mass is 9.99. The third kappa shape index (κ3) is 3.94. The zero-order valence-electron chi connectivity index (χ0n) is 22.8. The normalized spacial score (nSPS) is 21.1. The number of carbonyl (C=O) groups excluding carboxylic acids is 1. The van der Waals surface area contributed by atoms with Gasteiger partial charge in [-0.2, -0.15) is 0 Å². The fraction of sp³-hybridized carbons (Fsp3) is 0.560. The summed E-state index contributed by atoms with van der Waals surface area (Å²) in [5.41, 5.74) is -0.601. The molecule has 2 bridgehead atoms. The van der Waals surface area contributed by atoms with Gasteiger partial charge in [0.2, 0.25) is 0 Å². The Balaban J connectivity index is 1.12. The van der Waals surface area contributed by atoms with E-state index in [-0.39, 0.29) is 41.5 Å². The molecule has 0 amide bonds. The molecule has 212 valence electrons. The van der Waals surface area contributed by atoms with Crippen molar-refractivity contribution in [2.24, 2.45) is 28.2 Å². The van der Waals surface area contributed by atoms with E-state index in [9.17, 15) is 24.0 Å². The van der Waals surface area contributed by atoms with Crippen LogP contribution in [0.25, 0.3) is 22.3 Å². The van der Waals surface area contributed by atoms with Crippen LogP contribution < -0.4 is 22.5 Å². The molecule has 0 N–H and O–H groups in total. The first-order chi connectivity index (χ1) is 19.1. The monoisotopic (exact) mass is 553 g/mol. The van der Waals surface area contributed by atoms with Crippen LogP contribution in [0.15, 0.2) is 31.8 Å². The van der Waals surface area contributed by atoms with Gasteiger partial charge in [-0.05, 0) is 12.8 Å². The highest BCUT2D eigenvalue weighted by Gasteiger charge is 2.41. The first-order valence-electron chi connectivity index (χ1n) is 13.2. The number of carbonyl (C=O) groups is 1. The van der Waals surface area contributed by atoms with Gasteiger partial charge >= 0.3 is 17.3 Å². The smallest absolute Gasteiger partial charge is 0.332 e. The van der Waals surface area contributed by atoms with Crippen LogP contribution in [0.4, 0.5) is 0 Å². The molecule has 15 heteroatoms. The second-order valence-corrected chi connectivity index (χ2v) is 10.8. The first kappa shape index (κ1) is 26.0. The van der Waals surface area contributed by atoms with E-state index >= 15 is 0 Å². The summed E-state index contributed by atoms with van der Waals surface area (Å²) >= 11 is 0. The Morgan fingerprint density at radius 2 is 1.27 bits per heavy atom. The molecule has 0 saturated carbocycles. The van der Waals surface area contributed by atoms with Crippen LogP contribution in [0, 0.1) is 0 Å². The van der Waals surface area contributed by atoms with Crippen LogP contribution in [-0.2, 0) is 50.8 Å². The van der Waals surface area contributed by atoms with E-state index in [0.29, 0.717) is 37.1 Å². The summed E-state index contributed by atoms with van der Waals surface area (Å²) in [6.45, 7) is 1.08. The maximum Gasteiger partial charge on any atom is 0.332 e. The lowest BCUT2D eigenvalue weighted by Crippen LogP contribution is -2.47. The number of ether oxygens (including phenoxy) is 1. The predicted octanol–water partition coefficient (Wildman–Crippen LogP) is -1.58. The predicted molar refractivity (Wildman–Crippen MR) is 143 cm³/mol. The maximum atomic E-state index is 12.9. The topological polar surface area (TPSA) is 153 Å². The van der Waals surface area contributed by atoms with E-state index < -0.39 is 22.9 Å². The van der Waals surface area contributed by atoms with E-state index in [1.54, 1.807) is 17.9 Å². The van der Waals surface area contributed by atoms with Crippen molar-refractivity contribution in [1.82, 2.24) is 42.3 Å². The number of rotatable bonds is 6. The summed E-state index contributed by atoms with van der Waals surface area (Å²) < 4.78 is 13.8. The second-order valence-electron chi connectivity index (χ2n) is 10.8. The number of hydrogen-bond acceptors (Lipinski definition) is 9. The number of aryl methyl sites for hydroxylation is 2. The molecule has 2 fully saturated rings. The van der Waals surface area contributed by atoms with E-state index in [1.807, 2.05) is 0 Å². The molecule has 0 aromatic carbocycles. The molecule has 4 aromatic rings. The fourth-order valence-electron chi connectivity index (χ4n) is 6.35. The molecular weight excluding hydrogens is 522 g/mol. The average Bonchev–Trinajstić information content (AvgIpc) is 3.61. The molecule has 0 aliphatic carbocycles. The average molecular weight is 554 g/mol. The lowest BCUT2D eigenvalue weighted by Gasteiger charge is -2.38. The minimum atomic E-state index is -0.513. The molecule has 0 radical (unpaired) electrons. The Morgan fingerprint density at radius 1 is 0.775 bits per heavy atom. The van der Waals surface area contributed by atoms with Gasteiger partial charge in [-0.15, -0.1) is 0 Å². The molecule has 2 aliphatic heterocycles. The molecule has 2 unspecified atom stereocenters. The Morgan fingerprint density at radius 3 is 1.82 bits per heavy atom. The number of aromatic nitrogens is 8. The highest BCUT2D eigenvalue weighted by atomic mass is 16.5. The quantitative estimate of drug-likeness (QED) is 0.258. The van der Waals surface area contributed by atoms with Crippen LogP contribution >= 0.6 is 0 Å². The van der Waals surface area contributed by atoms with Crippen molar-refractivity contribution >= 4 is 28.3 Å². The summed E-state index contributed by atoms with van der Waals surface area (Å²) in [4.78, 5) is 73.6. The summed E-state index contributed by atoms with van der Waals surface area (Å²) in [6.07, 6.45) is 6.14. The summed E-state index contributed by atoms with van der Waals surface area (Å²) in [5.74, 6) is -0.459. The largest absolute Gasteiger partial charge is 0.461 e. The van der Waals surface area contributed by atoms with Crippen molar-refractivity contribution in [2.45, 2.75) is 57.0 Å². The number of fused-ring (bicyclic) bond motifs is 4. The highest BCUT2D eigenvalue weighted by molar-refractivity contribution is 5.75. The summed E-state index contributed by atoms with van der Waals surface area (Å²) in [7, 11) is 5.98. The van der Waals surface area contributed by atoms with Crippen LogP contribution in [0.3, 0.4) is 0 Å². The summed E-state index contributed by atoms with van der Waals surface area (Å²) in [5, 5.41) is 0. The van der Waals surface area contributed by atoms with Gasteiger partial charge in [0.15, 0.2) is 22.3 Å². The van der Waals surface area contributed by atoms with Crippen LogP contribution in [-0.4, -0.2) is 73.0 Å². The zero-order chi connectivity index (χ0) is 28.5. The van der Waals surface area contributed by atoms with Gasteiger partial charge in [0.25, 0.3) is 11.1 Å². The van der Waals surface area contributed by atoms with Crippen LogP contribution in [0.5, 0.6) is 0 Å². The maximum absolute atomic E-state index is 12.9. The lowest BCUT2D eigenvalue weighted by molar-refractivity contribution is -0.153. The number of hydrogen-bond donors (Lipinski definition) is 0. The SMILES string of the molecule is Cn1c(=O)c2c(ncn2CCN2C3CCC2CC(OC(=O)Cn2cnc4c2c(=O)n(C)c(=O)n4C)C3)n(C)c1=O. The van der Waals surface area contributed by atoms with Gasteiger partial charge in [0.05, 0.1) is 12.7 Å². The number of nitrogens with zero attached hydrogens (tertiary/aromatic N) is 9. The molecular formula is C25H31N9O6.